The summed E-state index contributed by atoms with van der Waals surface area (Å²) in [4.78, 5) is 20.1. The molecule has 2 aromatic heterocycles. The van der Waals surface area contributed by atoms with Crippen molar-refractivity contribution in [3.05, 3.63) is 51.7 Å². The normalized spacial score (nSPS) is 14.4. The van der Waals surface area contributed by atoms with Crippen LogP contribution in [0, 0.1) is 6.92 Å². The summed E-state index contributed by atoms with van der Waals surface area (Å²) in [6, 6.07) is 9.99. The van der Waals surface area contributed by atoms with Crippen LogP contribution >= 0.6 is 22.7 Å². The van der Waals surface area contributed by atoms with Crippen LogP contribution in [0.2, 0.25) is 0 Å². The van der Waals surface area contributed by atoms with Gasteiger partial charge in [0.1, 0.15) is 9.88 Å². The lowest BCUT2D eigenvalue weighted by atomic mass is 10.2. The van der Waals surface area contributed by atoms with Gasteiger partial charge in [-0.05, 0) is 42.6 Å². The second-order valence-corrected chi connectivity index (χ2v) is 7.83. The summed E-state index contributed by atoms with van der Waals surface area (Å²) in [6.07, 6.45) is 0. The molecule has 1 fully saturated rings. The first-order valence-corrected chi connectivity index (χ1v) is 10.2. The van der Waals surface area contributed by atoms with E-state index in [2.05, 4.69) is 15.2 Å². The van der Waals surface area contributed by atoms with Gasteiger partial charge in [0.25, 0.3) is 5.91 Å². The first-order chi connectivity index (χ1) is 12.7. The summed E-state index contributed by atoms with van der Waals surface area (Å²) in [6.45, 7) is 5.20. The van der Waals surface area contributed by atoms with Crippen molar-refractivity contribution in [3.8, 4) is 10.6 Å². The smallest absolute Gasteiger partial charge is 0.267 e. The van der Waals surface area contributed by atoms with Crippen molar-refractivity contribution in [1.29, 1.82) is 0 Å². The summed E-state index contributed by atoms with van der Waals surface area (Å²) >= 11 is 3.06. The van der Waals surface area contributed by atoms with Crippen molar-refractivity contribution in [2.24, 2.45) is 0 Å². The third-order valence-corrected chi connectivity index (χ3v) is 6.16. The Morgan fingerprint density at radius 1 is 1.19 bits per heavy atom. The lowest BCUT2D eigenvalue weighted by Crippen LogP contribution is -2.36. The number of thiazole rings is 1. The average molecular weight is 386 g/mol. The minimum atomic E-state index is -0.111. The fourth-order valence-corrected chi connectivity index (χ4v) is 4.55. The maximum atomic E-state index is 12.6. The van der Waals surface area contributed by atoms with Crippen molar-refractivity contribution in [2.45, 2.75) is 6.92 Å². The topological polar surface area (TPSA) is 54.5 Å². The summed E-state index contributed by atoms with van der Waals surface area (Å²) in [5, 5.41) is 7.93. The Bertz CT molecular complexity index is 882. The monoisotopic (exact) mass is 385 g/mol. The number of aryl methyl sites for hydroxylation is 1. The molecule has 1 N–H and O–H groups in total. The molecule has 134 valence electrons. The van der Waals surface area contributed by atoms with E-state index in [4.69, 9.17) is 4.74 Å². The molecule has 0 radical (unpaired) electrons. The molecule has 4 rings (SSSR count). The highest BCUT2D eigenvalue weighted by Crippen LogP contribution is 2.30. The Kier molecular flexibility index (Phi) is 5.01. The third-order valence-electron chi connectivity index (χ3n) is 4.27. The molecular formula is C19H19N3O2S2. The second-order valence-electron chi connectivity index (χ2n) is 6.05. The molecule has 0 spiro atoms. The van der Waals surface area contributed by atoms with E-state index in [9.17, 15) is 4.79 Å². The summed E-state index contributed by atoms with van der Waals surface area (Å²) in [5.74, 6) is -0.111. The summed E-state index contributed by atoms with van der Waals surface area (Å²) in [5.41, 5.74) is 3.77. The van der Waals surface area contributed by atoms with E-state index in [1.165, 1.54) is 11.3 Å². The molecule has 0 unspecified atom stereocenters. The van der Waals surface area contributed by atoms with Gasteiger partial charge >= 0.3 is 0 Å². The molecule has 0 bridgehead atoms. The molecule has 1 saturated heterocycles. The van der Waals surface area contributed by atoms with Crippen LogP contribution in [0.15, 0.2) is 41.1 Å². The Morgan fingerprint density at radius 2 is 1.96 bits per heavy atom. The van der Waals surface area contributed by atoms with Crippen molar-refractivity contribution in [2.75, 3.05) is 36.5 Å². The van der Waals surface area contributed by atoms with Crippen molar-refractivity contribution >= 4 is 40.0 Å². The molecule has 5 nitrogen and oxygen atoms in total. The number of nitrogens with one attached hydrogen (secondary N) is 1. The highest BCUT2D eigenvalue weighted by atomic mass is 32.1. The number of morpholine rings is 1. The minimum absolute atomic E-state index is 0.111. The predicted molar refractivity (Wildman–Crippen MR) is 108 cm³/mol. The summed E-state index contributed by atoms with van der Waals surface area (Å²) < 4.78 is 5.38. The van der Waals surface area contributed by atoms with Crippen LogP contribution in [0.5, 0.6) is 0 Å². The SMILES string of the molecule is Cc1nc(-c2ccsc2)sc1C(=O)Nc1ccc(N2CCOCC2)cc1. The van der Waals surface area contributed by atoms with Gasteiger partial charge < -0.3 is 15.0 Å². The largest absolute Gasteiger partial charge is 0.378 e. The Balaban J connectivity index is 1.46. The van der Waals surface area contributed by atoms with Crippen molar-refractivity contribution < 1.29 is 9.53 Å². The molecule has 1 aliphatic heterocycles. The van der Waals surface area contributed by atoms with E-state index in [1.807, 2.05) is 48.0 Å². The van der Waals surface area contributed by atoms with Gasteiger partial charge in [-0.15, -0.1) is 11.3 Å². The number of carbonyl (C=O) groups is 1. The van der Waals surface area contributed by atoms with Crippen LogP contribution < -0.4 is 10.2 Å². The highest BCUT2D eigenvalue weighted by Gasteiger charge is 2.17. The number of carbonyl (C=O) groups excluding carboxylic acids is 1. The minimum Gasteiger partial charge on any atom is -0.378 e. The lowest BCUT2D eigenvalue weighted by molar-refractivity contribution is 0.103. The maximum absolute atomic E-state index is 12.6. The van der Waals surface area contributed by atoms with E-state index in [0.29, 0.717) is 4.88 Å². The number of amides is 1. The number of hydrogen-bond donors (Lipinski definition) is 1. The molecule has 3 heterocycles. The molecule has 3 aromatic rings. The van der Waals surface area contributed by atoms with Gasteiger partial charge in [0.2, 0.25) is 0 Å². The number of nitrogens with zero attached hydrogens (tertiary/aromatic N) is 2. The number of anilines is 2. The van der Waals surface area contributed by atoms with Crippen LogP contribution in [0.1, 0.15) is 15.4 Å². The Hall–Kier alpha value is -2.22. The molecule has 1 aliphatic rings. The van der Waals surface area contributed by atoms with Gasteiger partial charge in [-0.3, -0.25) is 4.79 Å². The van der Waals surface area contributed by atoms with Gasteiger partial charge in [0.15, 0.2) is 0 Å². The van der Waals surface area contributed by atoms with E-state index in [-0.39, 0.29) is 5.91 Å². The quantitative estimate of drug-likeness (QED) is 0.729. The fourth-order valence-electron chi connectivity index (χ4n) is 2.88. The van der Waals surface area contributed by atoms with Crippen molar-refractivity contribution in [3.63, 3.8) is 0 Å². The zero-order valence-electron chi connectivity index (χ0n) is 14.4. The molecule has 0 atom stereocenters. The number of ether oxygens (including phenoxy) is 1. The number of aromatic nitrogens is 1. The molecule has 26 heavy (non-hydrogen) atoms. The zero-order chi connectivity index (χ0) is 17.9. The summed E-state index contributed by atoms with van der Waals surface area (Å²) in [7, 11) is 0. The van der Waals surface area contributed by atoms with Crippen LogP contribution in [-0.4, -0.2) is 37.2 Å². The fraction of sp³-hybridized carbons (Fsp3) is 0.263. The number of hydrogen-bond acceptors (Lipinski definition) is 6. The Labute approximate surface area is 160 Å². The first kappa shape index (κ1) is 17.2. The number of rotatable bonds is 4. The molecule has 1 aromatic carbocycles. The Morgan fingerprint density at radius 3 is 2.65 bits per heavy atom. The van der Waals surface area contributed by atoms with E-state index < -0.39 is 0 Å². The predicted octanol–water partition coefficient (Wildman–Crippen LogP) is 4.27. The van der Waals surface area contributed by atoms with E-state index in [1.54, 1.807) is 11.3 Å². The molecule has 0 saturated carbocycles. The highest BCUT2D eigenvalue weighted by molar-refractivity contribution is 7.17. The molecule has 7 heteroatoms. The third kappa shape index (κ3) is 3.65. The van der Waals surface area contributed by atoms with Crippen LogP contribution in [-0.2, 0) is 4.74 Å². The van der Waals surface area contributed by atoms with Crippen LogP contribution in [0.25, 0.3) is 10.6 Å². The zero-order valence-corrected chi connectivity index (χ0v) is 16.0. The van der Waals surface area contributed by atoms with E-state index >= 15 is 0 Å². The number of thiophene rings is 1. The van der Waals surface area contributed by atoms with Gasteiger partial charge in [-0.1, -0.05) is 0 Å². The molecule has 1 amide bonds. The van der Waals surface area contributed by atoms with Gasteiger partial charge in [0, 0.05) is 35.4 Å². The van der Waals surface area contributed by atoms with Gasteiger partial charge in [-0.2, -0.15) is 11.3 Å². The standard InChI is InChI=1S/C19H19N3O2S2/c1-13-17(26-19(20-13)14-6-11-25-12-14)18(23)21-15-2-4-16(5-3-15)22-7-9-24-10-8-22/h2-6,11-12H,7-10H2,1H3,(H,21,23). The second kappa shape index (κ2) is 7.57. The lowest BCUT2D eigenvalue weighted by Gasteiger charge is -2.28. The van der Waals surface area contributed by atoms with Crippen LogP contribution in [0.3, 0.4) is 0 Å². The van der Waals surface area contributed by atoms with Crippen LogP contribution in [0.4, 0.5) is 11.4 Å². The maximum Gasteiger partial charge on any atom is 0.267 e. The van der Waals surface area contributed by atoms with Gasteiger partial charge in [0.05, 0.1) is 18.9 Å². The van der Waals surface area contributed by atoms with Gasteiger partial charge in [-0.25, -0.2) is 4.98 Å². The van der Waals surface area contributed by atoms with Crippen molar-refractivity contribution in [1.82, 2.24) is 4.98 Å². The van der Waals surface area contributed by atoms with E-state index in [0.717, 1.165) is 53.9 Å². The number of benzene rings is 1. The molecule has 0 aliphatic carbocycles. The average Bonchev–Trinajstić information content (AvgIpc) is 3.32. The molecular weight excluding hydrogens is 366 g/mol. The first-order valence-electron chi connectivity index (χ1n) is 8.45.